The predicted molar refractivity (Wildman–Crippen MR) is 64.0 cm³/mol. The van der Waals surface area contributed by atoms with Gasteiger partial charge in [-0.2, -0.15) is 0 Å². The van der Waals surface area contributed by atoms with Crippen LogP contribution in [0.3, 0.4) is 0 Å². The van der Waals surface area contributed by atoms with Crippen molar-refractivity contribution < 1.29 is 14.7 Å². The number of carboxylic acid groups (broad SMARTS) is 1. The molecule has 7 heteroatoms. The average molecular weight is 250 g/mol. The molecule has 0 radical (unpaired) electrons. The van der Waals surface area contributed by atoms with Crippen molar-refractivity contribution in [2.24, 2.45) is 0 Å². The van der Waals surface area contributed by atoms with Crippen molar-refractivity contribution >= 4 is 12.0 Å². The van der Waals surface area contributed by atoms with Crippen LogP contribution in [-0.2, 0) is 6.54 Å². The summed E-state index contributed by atoms with van der Waals surface area (Å²) in [6.45, 7) is 1.04. The number of urea groups is 1. The molecule has 1 aromatic rings. The second-order valence-electron chi connectivity index (χ2n) is 3.59. The van der Waals surface area contributed by atoms with Crippen LogP contribution < -0.4 is 5.32 Å². The molecular formula is C11H14N4O3. The number of hydrogen-bond acceptors (Lipinski definition) is 3. The van der Waals surface area contributed by atoms with E-state index in [0.29, 0.717) is 13.1 Å². The second kappa shape index (κ2) is 6.30. The lowest BCUT2D eigenvalue weighted by Gasteiger charge is -2.14. The summed E-state index contributed by atoms with van der Waals surface area (Å²) in [7, 11) is 1.59. The summed E-state index contributed by atoms with van der Waals surface area (Å²) in [6.07, 6.45) is 7.88. The Morgan fingerprint density at radius 1 is 1.67 bits per heavy atom. The predicted octanol–water partition coefficient (Wildman–Crippen LogP) is -0.144. The van der Waals surface area contributed by atoms with Crippen LogP contribution in [-0.4, -0.2) is 51.7 Å². The Morgan fingerprint density at radius 2 is 2.39 bits per heavy atom. The first kappa shape index (κ1) is 13.6. The van der Waals surface area contributed by atoms with Crippen LogP contribution in [0, 0.1) is 12.3 Å². The van der Waals surface area contributed by atoms with Crippen LogP contribution >= 0.6 is 0 Å². The standard InChI is InChI=1S/C11H14N4O3/c1-3-5-14(2)11(18)12-4-6-15-7-9(10(16)17)13-8-15/h1,7-8H,4-6H2,2H3,(H,12,18)(H,16,17). The van der Waals surface area contributed by atoms with Gasteiger partial charge >= 0.3 is 12.0 Å². The molecule has 0 aliphatic rings. The third kappa shape index (κ3) is 3.83. The highest BCUT2D eigenvalue weighted by molar-refractivity contribution is 5.84. The average Bonchev–Trinajstić information content (AvgIpc) is 2.78. The third-order valence-corrected chi connectivity index (χ3v) is 2.17. The number of rotatable bonds is 5. The van der Waals surface area contributed by atoms with Crippen LogP contribution in [0.4, 0.5) is 4.79 Å². The lowest BCUT2D eigenvalue weighted by molar-refractivity contribution is 0.0691. The van der Waals surface area contributed by atoms with Crippen molar-refractivity contribution in [3.05, 3.63) is 18.2 Å². The van der Waals surface area contributed by atoms with Crippen molar-refractivity contribution in [3.8, 4) is 12.3 Å². The van der Waals surface area contributed by atoms with Crippen LogP contribution in [0.15, 0.2) is 12.5 Å². The number of imidazole rings is 1. The highest BCUT2D eigenvalue weighted by Gasteiger charge is 2.07. The summed E-state index contributed by atoms with van der Waals surface area (Å²) < 4.78 is 1.59. The normalized spacial score (nSPS) is 9.56. The number of carbonyl (C=O) groups is 2. The molecule has 0 aliphatic heterocycles. The summed E-state index contributed by atoms with van der Waals surface area (Å²) in [5, 5.41) is 11.3. The van der Waals surface area contributed by atoms with Gasteiger partial charge in [-0.1, -0.05) is 5.92 Å². The quantitative estimate of drug-likeness (QED) is 0.712. The van der Waals surface area contributed by atoms with Gasteiger partial charge in [0.2, 0.25) is 0 Å². The van der Waals surface area contributed by atoms with Gasteiger partial charge in [0.1, 0.15) is 0 Å². The number of amides is 2. The van der Waals surface area contributed by atoms with E-state index in [1.54, 1.807) is 11.6 Å². The number of carbonyl (C=O) groups excluding carboxylic acids is 1. The van der Waals surface area contributed by atoms with Gasteiger partial charge in [-0.25, -0.2) is 14.6 Å². The van der Waals surface area contributed by atoms with E-state index in [0.717, 1.165) is 0 Å². The molecule has 0 unspecified atom stereocenters. The van der Waals surface area contributed by atoms with E-state index in [1.165, 1.54) is 17.4 Å². The molecule has 0 saturated heterocycles. The van der Waals surface area contributed by atoms with Crippen molar-refractivity contribution in [2.75, 3.05) is 20.1 Å². The fraction of sp³-hybridized carbons (Fsp3) is 0.364. The van der Waals surface area contributed by atoms with Gasteiger partial charge in [-0.15, -0.1) is 6.42 Å². The molecule has 0 aromatic carbocycles. The minimum Gasteiger partial charge on any atom is -0.476 e. The van der Waals surface area contributed by atoms with E-state index in [9.17, 15) is 9.59 Å². The van der Waals surface area contributed by atoms with Crippen LogP contribution in [0.5, 0.6) is 0 Å². The zero-order chi connectivity index (χ0) is 13.5. The molecule has 0 atom stereocenters. The molecule has 0 saturated carbocycles. The topological polar surface area (TPSA) is 87.5 Å². The molecule has 1 aromatic heterocycles. The summed E-state index contributed by atoms with van der Waals surface area (Å²) in [4.78, 5) is 27.1. The number of carboxylic acids is 1. The van der Waals surface area contributed by atoms with Gasteiger partial charge in [-0.05, 0) is 0 Å². The van der Waals surface area contributed by atoms with Crippen molar-refractivity contribution in [2.45, 2.75) is 6.54 Å². The first-order valence-corrected chi connectivity index (χ1v) is 5.22. The maximum Gasteiger partial charge on any atom is 0.356 e. The van der Waals surface area contributed by atoms with Crippen LogP contribution in [0.2, 0.25) is 0 Å². The SMILES string of the molecule is C#CCN(C)C(=O)NCCn1cnc(C(=O)O)c1. The Hall–Kier alpha value is -2.49. The zero-order valence-corrected chi connectivity index (χ0v) is 9.96. The zero-order valence-electron chi connectivity index (χ0n) is 9.96. The van der Waals surface area contributed by atoms with Gasteiger partial charge in [0.05, 0.1) is 12.9 Å². The van der Waals surface area contributed by atoms with Crippen LogP contribution in [0.1, 0.15) is 10.5 Å². The highest BCUT2D eigenvalue weighted by atomic mass is 16.4. The van der Waals surface area contributed by atoms with E-state index < -0.39 is 5.97 Å². The summed E-state index contributed by atoms with van der Waals surface area (Å²) in [6, 6.07) is -0.272. The number of hydrogen-bond donors (Lipinski definition) is 2. The summed E-state index contributed by atoms with van der Waals surface area (Å²) in [5.74, 6) is 1.28. The van der Waals surface area contributed by atoms with Crippen molar-refractivity contribution in [1.82, 2.24) is 19.8 Å². The van der Waals surface area contributed by atoms with E-state index in [4.69, 9.17) is 11.5 Å². The Kier molecular flexibility index (Phi) is 4.75. The number of aromatic nitrogens is 2. The minimum atomic E-state index is -1.08. The summed E-state index contributed by atoms with van der Waals surface area (Å²) >= 11 is 0. The lowest BCUT2D eigenvalue weighted by Crippen LogP contribution is -2.38. The van der Waals surface area contributed by atoms with Crippen molar-refractivity contribution in [3.63, 3.8) is 0 Å². The third-order valence-electron chi connectivity index (χ3n) is 2.17. The number of aromatic carboxylic acids is 1. The molecule has 2 amide bonds. The maximum absolute atomic E-state index is 11.4. The molecule has 0 aliphatic carbocycles. The molecule has 0 fully saturated rings. The Bertz CT molecular complexity index is 475. The monoisotopic (exact) mass is 250 g/mol. The number of nitrogens with one attached hydrogen (secondary N) is 1. The van der Waals surface area contributed by atoms with E-state index >= 15 is 0 Å². The maximum atomic E-state index is 11.4. The fourth-order valence-electron chi connectivity index (χ4n) is 1.23. The van der Waals surface area contributed by atoms with E-state index in [2.05, 4.69) is 16.2 Å². The van der Waals surface area contributed by atoms with Gasteiger partial charge < -0.3 is 19.9 Å². The van der Waals surface area contributed by atoms with Crippen LogP contribution in [0.25, 0.3) is 0 Å². The first-order chi connectivity index (χ1) is 8.54. The second-order valence-corrected chi connectivity index (χ2v) is 3.59. The molecule has 96 valence electrons. The van der Waals surface area contributed by atoms with Gasteiger partial charge in [-0.3, -0.25) is 0 Å². The minimum absolute atomic E-state index is 0.0224. The van der Waals surface area contributed by atoms with E-state index in [-0.39, 0.29) is 18.3 Å². The Labute approximate surface area is 104 Å². The Balaban J connectivity index is 2.35. The molecule has 0 bridgehead atoms. The number of nitrogens with zero attached hydrogens (tertiary/aromatic N) is 3. The molecule has 7 nitrogen and oxygen atoms in total. The van der Waals surface area contributed by atoms with Gasteiger partial charge in [0.25, 0.3) is 0 Å². The highest BCUT2D eigenvalue weighted by Crippen LogP contribution is 1.95. The molecule has 0 spiro atoms. The van der Waals surface area contributed by atoms with Crippen molar-refractivity contribution in [1.29, 1.82) is 0 Å². The largest absolute Gasteiger partial charge is 0.476 e. The van der Waals surface area contributed by atoms with Gasteiger partial charge in [0.15, 0.2) is 5.69 Å². The molecule has 1 heterocycles. The smallest absolute Gasteiger partial charge is 0.356 e. The van der Waals surface area contributed by atoms with Gasteiger partial charge in [0, 0.05) is 26.3 Å². The fourth-order valence-corrected chi connectivity index (χ4v) is 1.23. The molecule has 1 rings (SSSR count). The molecular weight excluding hydrogens is 236 g/mol. The molecule has 2 N–H and O–H groups in total. The lowest BCUT2D eigenvalue weighted by atomic mass is 10.5. The van der Waals surface area contributed by atoms with E-state index in [1.807, 2.05) is 0 Å². The number of terminal acetylenes is 1. The Morgan fingerprint density at radius 3 is 2.94 bits per heavy atom. The molecule has 18 heavy (non-hydrogen) atoms. The summed E-state index contributed by atoms with van der Waals surface area (Å²) in [5.41, 5.74) is -0.0224. The first-order valence-electron chi connectivity index (χ1n) is 5.22.